The van der Waals surface area contributed by atoms with Crippen LogP contribution in [0.3, 0.4) is 0 Å². The van der Waals surface area contributed by atoms with Gasteiger partial charge in [-0.3, -0.25) is 4.79 Å². The molecule has 4 nitrogen and oxygen atoms in total. The minimum Gasteiger partial charge on any atom is -0.383 e. The van der Waals surface area contributed by atoms with Gasteiger partial charge in [-0.25, -0.2) is 0 Å². The van der Waals surface area contributed by atoms with Crippen LogP contribution >= 0.6 is 0 Å². The summed E-state index contributed by atoms with van der Waals surface area (Å²) >= 11 is 0. The molecule has 1 amide bonds. The maximum absolute atomic E-state index is 11.2. The van der Waals surface area contributed by atoms with E-state index in [1.807, 2.05) is 13.8 Å². The fourth-order valence-electron chi connectivity index (χ4n) is 1.03. The molecule has 0 aliphatic carbocycles. The molecule has 84 valence electrons. The van der Waals surface area contributed by atoms with Crippen LogP contribution < -0.4 is 10.6 Å². The van der Waals surface area contributed by atoms with Crippen molar-refractivity contribution in [3.8, 4) is 0 Å². The minimum absolute atomic E-state index is 0.133. The van der Waals surface area contributed by atoms with Crippen LogP contribution in [0.1, 0.15) is 20.3 Å². The summed E-state index contributed by atoms with van der Waals surface area (Å²) in [6.07, 6.45) is 0.609. The highest BCUT2D eigenvalue weighted by Gasteiger charge is 2.02. The van der Waals surface area contributed by atoms with Gasteiger partial charge in [-0.05, 0) is 5.92 Å². The van der Waals surface area contributed by atoms with E-state index in [-0.39, 0.29) is 5.91 Å². The summed E-state index contributed by atoms with van der Waals surface area (Å²) < 4.78 is 4.87. The Morgan fingerprint density at radius 1 is 1.29 bits per heavy atom. The van der Waals surface area contributed by atoms with Crippen LogP contribution in [0.25, 0.3) is 0 Å². The van der Waals surface area contributed by atoms with Crippen molar-refractivity contribution in [1.29, 1.82) is 0 Å². The number of amides is 1. The van der Waals surface area contributed by atoms with Gasteiger partial charge in [0, 0.05) is 33.2 Å². The van der Waals surface area contributed by atoms with Crippen molar-refractivity contribution < 1.29 is 9.53 Å². The number of hydrogen-bond donors (Lipinski definition) is 2. The molecule has 0 aliphatic heterocycles. The Morgan fingerprint density at radius 3 is 2.57 bits per heavy atom. The minimum atomic E-state index is 0.133. The molecule has 0 aromatic rings. The first-order valence-corrected chi connectivity index (χ1v) is 5.13. The maximum Gasteiger partial charge on any atom is 0.220 e. The molecule has 0 bridgehead atoms. The molecule has 2 N–H and O–H groups in total. The fraction of sp³-hybridized carbons (Fsp3) is 0.900. The van der Waals surface area contributed by atoms with Gasteiger partial charge in [-0.1, -0.05) is 13.8 Å². The second-order valence-corrected chi connectivity index (χ2v) is 3.69. The zero-order valence-corrected chi connectivity index (χ0v) is 9.43. The molecular weight excluding hydrogens is 180 g/mol. The molecule has 14 heavy (non-hydrogen) atoms. The van der Waals surface area contributed by atoms with E-state index in [4.69, 9.17) is 4.74 Å². The van der Waals surface area contributed by atoms with Crippen LogP contribution in [-0.2, 0) is 9.53 Å². The van der Waals surface area contributed by atoms with Gasteiger partial charge >= 0.3 is 0 Å². The first kappa shape index (κ1) is 13.4. The summed E-state index contributed by atoms with van der Waals surface area (Å²) in [5, 5.41) is 6.00. The lowest BCUT2D eigenvalue weighted by Gasteiger charge is -2.07. The first-order valence-electron chi connectivity index (χ1n) is 5.13. The molecule has 0 unspecified atom stereocenters. The molecule has 0 saturated carbocycles. The van der Waals surface area contributed by atoms with Gasteiger partial charge in [0.05, 0.1) is 6.61 Å². The molecule has 0 aromatic carbocycles. The van der Waals surface area contributed by atoms with Crippen molar-refractivity contribution in [2.75, 3.05) is 33.4 Å². The summed E-state index contributed by atoms with van der Waals surface area (Å²) in [5.41, 5.74) is 0. The van der Waals surface area contributed by atoms with Crippen LogP contribution in [0.15, 0.2) is 0 Å². The summed E-state index contributed by atoms with van der Waals surface area (Å²) in [4.78, 5) is 11.2. The second-order valence-electron chi connectivity index (χ2n) is 3.69. The molecule has 0 radical (unpaired) electrons. The topological polar surface area (TPSA) is 50.4 Å². The third-order valence-corrected chi connectivity index (χ3v) is 1.70. The van der Waals surface area contributed by atoms with E-state index in [0.29, 0.717) is 25.5 Å². The number of hydrogen-bond acceptors (Lipinski definition) is 3. The number of methoxy groups -OCH3 is 1. The van der Waals surface area contributed by atoms with Crippen molar-refractivity contribution in [3.63, 3.8) is 0 Å². The van der Waals surface area contributed by atoms with Crippen LogP contribution in [0.4, 0.5) is 0 Å². The quantitative estimate of drug-likeness (QED) is 0.560. The number of nitrogens with one attached hydrogen (secondary N) is 2. The average molecular weight is 202 g/mol. The highest BCUT2D eigenvalue weighted by Crippen LogP contribution is 1.97. The highest BCUT2D eigenvalue weighted by atomic mass is 16.5. The molecule has 0 atom stereocenters. The van der Waals surface area contributed by atoms with Crippen LogP contribution in [0.5, 0.6) is 0 Å². The van der Waals surface area contributed by atoms with E-state index in [9.17, 15) is 4.79 Å². The molecule has 4 heteroatoms. The Balaban J connectivity index is 3.15. The van der Waals surface area contributed by atoms with E-state index in [2.05, 4.69) is 10.6 Å². The normalized spacial score (nSPS) is 10.6. The molecule has 0 heterocycles. The number of ether oxygens (including phenoxy) is 1. The zero-order valence-electron chi connectivity index (χ0n) is 9.43. The molecule has 0 saturated heterocycles. The Morgan fingerprint density at radius 2 is 2.00 bits per heavy atom. The zero-order chi connectivity index (χ0) is 10.8. The van der Waals surface area contributed by atoms with Crippen molar-refractivity contribution in [3.05, 3.63) is 0 Å². The molecule has 0 aliphatic rings. The molecule has 0 rings (SSSR count). The molecule has 0 aromatic heterocycles. The van der Waals surface area contributed by atoms with Gasteiger partial charge in [0.25, 0.3) is 0 Å². The largest absolute Gasteiger partial charge is 0.383 e. The lowest BCUT2D eigenvalue weighted by Crippen LogP contribution is -2.33. The predicted molar refractivity (Wildman–Crippen MR) is 57.2 cm³/mol. The Kier molecular flexibility index (Phi) is 8.57. The summed E-state index contributed by atoms with van der Waals surface area (Å²) in [6, 6.07) is 0. The van der Waals surface area contributed by atoms with Crippen LogP contribution in [-0.4, -0.2) is 39.3 Å². The van der Waals surface area contributed by atoms with E-state index >= 15 is 0 Å². The lowest BCUT2D eigenvalue weighted by atomic mass is 10.1. The van der Waals surface area contributed by atoms with Crippen molar-refractivity contribution in [2.45, 2.75) is 20.3 Å². The van der Waals surface area contributed by atoms with Crippen molar-refractivity contribution in [2.24, 2.45) is 5.92 Å². The molecular formula is C10H22N2O2. The molecule has 0 spiro atoms. The third kappa shape index (κ3) is 9.48. The highest BCUT2D eigenvalue weighted by molar-refractivity contribution is 5.75. The Bertz CT molecular complexity index is 149. The number of carbonyl (C=O) groups excluding carboxylic acids is 1. The number of carbonyl (C=O) groups is 1. The summed E-state index contributed by atoms with van der Waals surface area (Å²) in [7, 11) is 1.67. The van der Waals surface area contributed by atoms with Gasteiger partial charge in [-0.15, -0.1) is 0 Å². The van der Waals surface area contributed by atoms with E-state index < -0.39 is 0 Å². The van der Waals surface area contributed by atoms with Gasteiger partial charge in [0.1, 0.15) is 0 Å². The Hall–Kier alpha value is -0.610. The SMILES string of the molecule is COCCNCCNC(=O)CC(C)C. The van der Waals surface area contributed by atoms with Crippen LogP contribution in [0.2, 0.25) is 0 Å². The average Bonchev–Trinajstić information content (AvgIpc) is 2.10. The van der Waals surface area contributed by atoms with Crippen molar-refractivity contribution in [1.82, 2.24) is 10.6 Å². The van der Waals surface area contributed by atoms with Crippen LogP contribution in [0, 0.1) is 5.92 Å². The van der Waals surface area contributed by atoms with E-state index in [1.54, 1.807) is 7.11 Å². The first-order chi connectivity index (χ1) is 6.66. The summed E-state index contributed by atoms with van der Waals surface area (Å²) in [5.74, 6) is 0.560. The summed E-state index contributed by atoms with van der Waals surface area (Å²) in [6.45, 7) is 7.10. The second kappa shape index (κ2) is 8.97. The molecule has 0 fully saturated rings. The lowest BCUT2D eigenvalue weighted by molar-refractivity contribution is -0.121. The van der Waals surface area contributed by atoms with E-state index in [0.717, 1.165) is 13.1 Å². The number of rotatable bonds is 8. The van der Waals surface area contributed by atoms with Gasteiger partial charge in [0.2, 0.25) is 5.91 Å². The van der Waals surface area contributed by atoms with Gasteiger partial charge in [0.15, 0.2) is 0 Å². The van der Waals surface area contributed by atoms with Gasteiger partial charge < -0.3 is 15.4 Å². The van der Waals surface area contributed by atoms with Gasteiger partial charge in [-0.2, -0.15) is 0 Å². The standard InChI is InChI=1S/C10H22N2O2/c1-9(2)8-10(13)12-5-4-11-6-7-14-3/h9,11H,4-8H2,1-3H3,(H,12,13). The smallest absolute Gasteiger partial charge is 0.220 e. The third-order valence-electron chi connectivity index (χ3n) is 1.70. The Labute approximate surface area is 86.4 Å². The fourth-order valence-corrected chi connectivity index (χ4v) is 1.03. The maximum atomic E-state index is 11.2. The van der Waals surface area contributed by atoms with E-state index in [1.165, 1.54) is 0 Å². The monoisotopic (exact) mass is 202 g/mol. The van der Waals surface area contributed by atoms with Crippen molar-refractivity contribution >= 4 is 5.91 Å². The predicted octanol–water partition coefficient (Wildman–Crippen LogP) is 0.385.